The van der Waals surface area contributed by atoms with Gasteiger partial charge in [0, 0.05) is 0 Å². The Hall–Kier alpha value is -2.67. The normalized spacial score (nSPS) is 10.9. The maximum absolute atomic E-state index is 11.7. The lowest BCUT2D eigenvalue weighted by Gasteiger charge is -2.19. The number of thiophene rings is 1. The van der Waals surface area contributed by atoms with Crippen LogP contribution in [0.15, 0.2) is 41.8 Å². The zero-order valence-electron chi connectivity index (χ0n) is 14.9. The maximum Gasteiger partial charge on any atom is 0.344 e. The quantitative estimate of drug-likeness (QED) is 0.785. The molecule has 1 aromatic heterocycles. The number of hydrogen-bond acceptors (Lipinski definition) is 6. The third kappa shape index (κ3) is 6.00. The monoisotopic (exact) mass is 375 g/mol. The molecule has 2 aromatic rings. The lowest BCUT2D eigenvalue weighted by molar-refractivity contribution is -0.150. The van der Waals surface area contributed by atoms with Gasteiger partial charge in [-0.3, -0.25) is 14.9 Å². The minimum Gasteiger partial charge on any atom is -0.482 e. The standard InChI is InChI=1S/C19H21NO5S/c1-19(2,3)13-6-8-14(9-7-13)24-12-17(22)25-11-16(21)20-18(23)15-5-4-10-26-15/h4-10H,11-12H2,1-3H3,(H,20,21,23). The molecular formula is C19H21NO5S. The Balaban J connectivity index is 1.71. The Morgan fingerprint density at radius 3 is 2.31 bits per heavy atom. The van der Waals surface area contributed by atoms with E-state index in [9.17, 15) is 14.4 Å². The summed E-state index contributed by atoms with van der Waals surface area (Å²) >= 11 is 1.21. The predicted octanol–water partition coefficient (Wildman–Crippen LogP) is 2.92. The van der Waals surface area contributed by atoms with Gasteiger partial charge < -0.3 is 9.47 Å². The molecule has 0 unspecified atom stereocenters. The van der Waals surface area contributed by atoms with Gasteiger partial charge in [-0.25, -0.2) is 4.79 Å². The Kier molecular flexibility index (Phi) is 6.52. The molecule has 0 spiro atoms. The zero-order valence-corrected chi connectivity index (χ0v) is 15.7. The first-order valence-corrected chi connectivity index (χ1v) is 8.90. The van der Waals surface area contributed by atoms with Gasteiger partial charge in [-0.15, -0.1) is 11.3 Å². The van der Waals surface area contributed by atoms with Crippen molar-refractivity contribution >= 4 is 29.1 Å². The molecule has 1 heterocycles. The predicted molar refractivity (Wildman–Crippen MR) is 98.4 cm³/mol. The maximum atomic E-state index is 11.7. The van der Waals surface area contributed by atoms with E-state index < -0.39 is 24.4 Å². The van der Waals surface area contributed by atoms with Crippen LogP contribution in [0.3, 0.4) is 0 Å². The second-order valence-corrected chi connectivity index (χ2v) is 7.53. The fourth-order valence-corrected chi connectivity index (χ4v) is 2.63. The van der Waals surface area contributed by atoms with Crippen LogP contribution in [0.2, 0.25) is 0 Å². The van der Waals surface area contributed by atoms with Crippen molar-refractivity contribution in [3.63, 3.8) is 0 Å². The summed E-state index contributed by atoms with van der Waals surface area (Å²) in [4.78, 5) is 35.4. The summed E-state index contributed by atoms with van der Waals surface area (Å²) in [6.45, 7) is 5.46. The molecule has 7 heteroatoms. The van der Waals surface area contributed by atoms with E-state index in [1.807, 2.05) is 12.1 Å². The van der Waals surface area contributed by atoms with Crippen molar-refractivity contribution in [3.8, 4) is 5.75 Å². The fraction of sp³-hybridized carbons (Fsp3) is 0.316. The third-order valence-corrected chi connectivity index (χ3v) is 4.31. The first kappa shape index (κ1) is 19.7. The molecule has 6 nitrogen and oxygen atoms in total. The number of carbonyl (C=O) groups is 3. The second-order valence-electron chi connectivity index (χ2n) is 6.58. The molecule has 26 heavy (non-hydrogen) atoms. The smallest absolute Gasteiger partial charge is 0.344 e. The summed E-state index contributed by atoms with van der Waals surface area (Å²) in [5.74, 6) is -1.36. The van der Waals surface area contributed by atoms with Crippen LogP contribution in [0, 0.1) is 0 Å². The molecule has 0 aliphatic heterocycles. The summed E-state index contributed by atoms with van der Waals surface area (Å²) in [7, 11) is 0. The number of imide groups is 1. The van der Waals surface area contributed by atoms with E-state index in [4.69, 9.17) is 9.47 Å². The number of benzene rings is 1. The molecule has 138 valence electrons. The van der Waals surface area contributed by atoms with Gasteiger partial charge >= 0.3 is 5.97 Å². The number of nitrogens with one attached hydrogen (secondary N) is 1. The summed E-state index contributed by atoms with van der Waals surface area (Å²) < 4.78 is 10.1. The van der Waals surface area contributed by atoms with Crippen LogP contribution in [-0.4, -0.2) is 31.0 Å². The first-order valence-electron chi connectivity index (χ1n) is 8.02. The van der Waals surface area contributed by atoms with Crippen LogP contribution in [-0.2, 0) is 19.7 Å². The summed E-state index contributed by atoms with van der Waals surface area (Å²) in [5, 5.41) is 3.87. The summed E-state index contributed by atoms with van der Waals surface area (Å²) in [6.07, 6.45) is 0. The van der Waals surface area contributed by atoms with Crippen LogP contribution in [0.4, 0.5) is 0 Å². The van der Waals surface area contributed by atoms with Crippen LogP contribution >= 0.6 is 11.3 Å². The topological polar surface area (TPSA) is 81.7 Å². The number of esters is 1. The molecule has 0 radical (unpaired) electrons. The molecule has 0 fully saturated rings. The van der Waals surface area contributed by atoms with Crippen molar-refractivity contribution in [2.75, 3.05) is 13.2 Å². The van der Waals surface area contributed by atoms with Crippen molar-refractivity contribution in [2.45, 2.75) is 26.2 Å². The Labute approximate surface area is 156 Å². The highest BCUT2D eigenvalue weighted by atomic mass is 32.1. The highest BCUT2D eigenvalue weighted by Gasteiger charge is 2.15. The minimum atomic E-state index is -0.691. The van der Waals surface area contributed by atoms with Crippen molar-refractivity contribution in [2.24, 2.45) is 0 Å². The van der Waals surface area contributed by atoms with Gasteiger partial charge in [0.05, 0.1) is 4.88 Å². The van der Waals surface area contributed by atoms with Crippen LogP contribution < -0.4 is 10.1 Å². The highest BCUT2D eigenvalue weighted by molar-refractivity contribution is 7.12. The number of amides is 2. The lowest BCUT2D eigenvalue weighted by atomic mass is 9.87. The molecule has 1 aromatic carbocycles. The molecule has 1 N–H and O–H groups in total. The molecule has 0 atom stereocenters. The molecular weight excluding hydrogens is 354 g/mol. The molecule has 2 rings (SSSR count). The minimum absolute atomic E-state index is 0.0331. The average molecular weight is 375 g/mol. The third-order valence-electron chi connectivity index (χ3n) is 3.44. The van der Waals surface area contributed by atoms with Gasteiger partial charge in [-0.2, -0.15) is 0 Å². The van der Waals surface area contributed by atoms with E-state index in [1.54, 1.807) is 29.6 Å². The van der Waals surface area contributed by atoms with Gasteiger partial charge in [0.1, 0.15) is 5.75 Å². The summed E-state index contributed by atoms with van der Waals surface area (Å²) in [6, 6.07) is 10.7. The van der Waals surface area contributed by atoms with Gasteiger partial charge in [0.15, 0.2) is 13.2 Å². The van der Waals surface area contributed by atoms with Crippen molar-refractivity contribution in [1.82, 2.24) is 5.32 Å². The lowest BCUT2D eigenvalue weighted by Crippen LogP contribution is -2.34. The van der Waals surface area contributed by atoms with E-state index in [-0.39, 0.29) is 12.0 Å². The molecule has 0 aliphatic carbocycles. The van der Waals surface area contributed by atoms with Crippen molar-refractivity contribution in [3.05, 3.63) is 52.2 Å². The highest BCUT2D eigenvalue weighted by Crippen LogP contribution is 2.24. The van der Waals surface area contributed by atoms with Crippen LogP contribution in [0.5, 0.6) is 5.75 Å². The van der Waals surface area contributed by atoms with E-state index in [1.165, 1.54) is 11.3 Å². The van der Waals surface area contributed by atoms with Gasteiger partial charge in [-0.05, 0) is 34.6 Å². The first-order chi connectivity index (χ1) is 12.3. The van der Waals surface area contributed by atoms with Gasteiger partial charge in [-0.1, -0.05) is 39.0 Å². The second kappa shape index (κ2) is 8.62. The van der Waals surface area contributed by atoms with Gasteiger partial charge in [0.25, 0.3) is 11.8 Å². The fourth-order valence-electron chi connectivity index (χ4n) is 2.01. The van der Waals surface area contributed by atoms with E-state index in [2.05, 4.69) is 26.1 Å². The zero-order chi connectivity index (χ0) is 19.2. The molecule has 0 saturated heterocycles. The van der Waals surface area contributed by atoms with Crippen molar-refractivity contribution < 1.29 is 23.9 Å². The number of ether oxygens (including phenoxy) is 2. The number of rotatable bonds is 6. The average Bonchev–Trinajstić information content (AvgIpc) is 3.12. The number of carbonyl (C=O) groups excluding carboxylic acids is 3. The van der Waals surface area contributed by atoms with Crippen molar-refractivity contribution in [1.29, 1.82) is 0 Å². The SMILES string of the molecule is CC(C)(C)c1ccc(OCC(=O)OCC(=O)NC(=O)c2cccs2)cc1. The van der Waals surface area contributed by atoms with E-state index in [0.717, 1.165) is 5.56 Å². The number of hydrogen-bond donors (Lipinski definition) is 1. The van der Waals surface area contributed by atoms with Crippen LogP contribution in [0.1, 0.15) is 36.0 Å². The van der Waals surface area contributed by atoms with Gasteiger partial charge in [0.2, 0.25) is 0 Å². The molecule has 2 amide bonds. The largest absolute Gasteiger partial charge is 0.482 e. The van der Waals surface area contributed by atoms with E-state index >= 15 is 0 Å². The molecule has 0 aliphatic rings. The van der Waals surface area contributed by atoms with E-state index in [0.29, 0.717) is 10.6 Å². The summed E-state index contributed by atoms with van der Waals surface area (Å²) in [5.41, 5.74) is 1.19. The Bertz CT molecular complexity index is 760. The Morgan fingerprint density at radius 1 is 1.04 bits per heavy atom. The molecule has 0 bridgehead atoms. The Morgan fingerprint density at radius 2 is 1.73 bits per heavy atom. The molecule has 0 saturated carbocycles. The van der Waals surface area contributed by atoms with Crippen LogP contribution in [0.25, 0.3) is 0 Å².